The van der Waals surface area contributed by atoms with Crippen LogP contribution in [0.1, 0.15) is 41.6 Å². The van der Waals surface area contributed by atoms with Crippen LogP contribution in [-0.2, 0) is 22.8 Å². The van der Waals surface area contributed by atoms with Crippen LogP contribution in [0.4, 0.5) is 23.7 Å². The summed E-state index contributed by atoms with van der Waals surface area (Å²) in [6.45, 7) is 0.418. The van der Waals surface area contributed by atoms with E-state index in [1.165, 1.54) is 25.3 Å². The first-order chi connectivity index (χ1) is 19.0. The summed E-state index contributed by atoms with van der Waals surface area (Å²) in [5.74, 6) is -0.313. The number of carbonyl (C=O) groups is 3. The Kier molecular flexibility index (Phi) is 8.81. The molecule has 2 amide bonds. The first-order valence-corrected chi connectivity index (χ1v) is 12.8. The molecule has 0 bridgehead atoms. The SMILES string of the molecule is COC(=O)C1CCC(CNC(=O)Oc2cc(NC(=O)c3ccccc3-c3ccc(C(F)(F)F)cc3)cn2C)CC1. The van der Waals surface area contributed by atoms with E-state index in [-0.39, 0.29) is 29.2 Å². The first-order valence-electron chi connectivity index (χ1n) is 12.8. The molecular weight excluding hydrogens is 527 g/mol. The van der Waals surface area contributed by atoms with Crippen LogP contribution in [0.5, 0.6) is 5.88 Å². The molecule has 3 aromatic rings. The van der Waals surface area contributed by atoms with Crippen molar-refractivity contribution < 1.29 is 37.0 Å². The van der Waals surface area contributed by atoms with Crippen LogP contribution in [-0.4, -0.2) is 36.2 Å². The van der Waals surface area contributed by atoms with Gasteiger partial charge in [-0.3, -0.25) is 9.59 Å². The van der Waals surface area contributed by atoms with E-state index in [9.17, 15) is 27.6 Å². The summed E-state index contributed by atoms with van der Waals surface area (Å²) in [4.78, 5) is 37.2. The third-order valence-electron chi connectivity index (χ3n) is 7.03. The highest BCUT2D eigenvalue weighted by Crippen LogP contribution is 2.32. The lowest BCUT2D eigenvalue weighted by molar-refractivity contribution is -0.146. The Bertz CT molecular complexity index is 1360. The number of hydrogen-bond acceptors (Lipinski definition) is 5. The number of carbonyl (C=O) groups excluding carboxylic acids is 3. The maximum absolute atomic E-state index is 13.1. The molecule has 1 aliphatic carbocycles. The van der Waals surface area contributed by atoms with Crippen LogP contribution in [0, 0.1) is 11.8 Å². The third-order valence-corrected chi connectivity index (χ3v) is 7.03. The Labute approximate surface area is 229 Å². The number of nitrogens with zero attached hydrogens (tertiary/aromatic N) is 1. The average molecular weight is 558 g/mol. The molecule has 0 atom stereocenters. The number of rotatable bonds is 7. The van der Waals surface area contributed by atoms with Gasteiger partial charge in [-0.2, -0.15) is 13.2 Å². The molecule has 1 saturated carbocycles. The van der Waals surface area contributed by atoms with Crippen LogP contribution >= 0.6 is 0 Å². The van der Waals surface area contributed by atoms with Gasteiger partial charge in [0.2, 0.25) is 5.88 Å². The van der Waals surface area contributed by atoms with Crippen LogP contribution in [0.25, 0.3) is 11.1 Å². The smallest absolute Gasteiger partial charge is 0.416 e. The van der Waals surface area contributed by atoms with Gasteiger partial charge in [-0.1, -0.05) is 30.3 Å². The lowest BCUT2D eigenvalue weighted by Gasteiger charge is -2.26. The minimum Gasteiger partial charge on any atom is -0.469 e. The Morgan fingerprint density at radius 1 is 1.00 bits per heavy atom. The van der Waals surface area contributed by atoms with E-state index in [0.29, 0.717) is 23.4 Å². The lowest BCUT2D eigenvalue weighted by atomic mass is 9.82. The summed E-state index contributed by atoms with van der Waals surface area (Å²) >= 11 is 0. The van der Waals surface area contributed by atoms with Crippen molar-refractivity contribution >= 4 is 23.7 Å². The highest BCUT2D eigenvalue weighted by atomic mass is 19.4. The molecule has 0 aliphatic heterocycles. The molecule has 1 aromatic heterocycles. The number of benzene rings is 2. The number of halogens is 3. The second kappa shape index (κ2) is 12.3. The van der Waals surface area contributed by atoms with Gasteiger partial charge < -0.3 is 24.7 Å². The minimum atomic E-state index is -4.45. The van der Waals surface area contributed by atoms with Crippen LogP contribution in [0.2, 0.25) is 0 Å². The summed E-state index contributed by atoms with van der Waals surface area (Å²) in [6, 6.07) is 12.7. The van der Waals surface area contributed by atoms with Gasteiger partial charge >= 0.3 is 18.2 Å². The number of anilines is 1. The fourth-order valence-electron chi connectivity index (χ4n) is 4.81. The molecule has 40 heavy (non-hydrogen) atoms. The van der Waals surface area contributed by atoms with Crippen molar-refractivity contribution in [2.75, 3.05) is 19.0 Å². The lowest BCUT2D eigenvalue weighted by Crippen LogP contribution is -2.34. The van der Waals surface area contributed by atoms with Crippen molar-refractivity contribution in [3.8, 4) is 17.0 Å². The number of aromatic nitrogens is 1. The Morgan fingerprint density at radius 2 is 1.68 bits per heavy atom. The van der Waals surface area contributed by atoms with E-state index in [1.807, 2.05) is 0 Å². The fourth-order valence-corrected chi connectivity index (χ4v) is 4.81. The van der Waals surface area contributed by atoms with Crippen molar-refractivity contribution in [1.29, 1.82) is 0 Å². The van der Waals surface area contributed by atoms with Gasteiger partial charge in [0, 0.05) is 31.4 Å². The normalized spacial score (nSPS) is 17.1. The second-order valence-corrected chi connectivity index (χ2v) is 9.76. The Balaban J connectivity index is 1.35. The van der Waals surface area contributed by atoms with Crippen LogP contribution < -0.4 is 15.4 Å². The van der Waals surface area contributed by atoms with Crippen molar-refractivity contribution in [1.82, 2.24) is 9.88 Å². The number of esters is 1. The molecule has 1 fully saturated rings. The molecule has 4 rings (SSSR count). The van der Waals surface area contributed by atoms with Gasteiger partial charge in [-0.25, -0.2) is 4.79 Å². The molecule has 1 aliphatic rings. The van der Waals surface area contributed by atoms with Crippen LogP contribution in [0.3, 0.4) is 0 Å². The van der Waals surface area contributed by atoms with Crippen molar-refractivity contribution in [2.24, 2.45) is 18.9 Å². The Morgan fingerprint density at radius 3 is 2.33 bits per heavy atom. The van der Waals surface area contributed by atoms with Gasteiger partial charge in [-0.15, -0.1) is 0 Å². The number of hydrogen-bond donors (Lipinski definition) is 2. The molecule has 0 unspecified atom stereocenters. The van der Waals surface area contributed by atoms with Crippen molar-refractivity contribution in [3.05, 3.63) is 71.9 Å². The topological polar surface area (TPSA) is 98.7 Å². The van der Waals surface area contributed by atoms with Crippen molar-refractivity contribution in [2.45, 2.75) is 31.9 Å². The first kappa shape index (κ1) is 28.7. The van der Waals surface area contributed by atoms with E-state index in [2.05, 4.69) is 10.6 Å². The molecule has 0 spiro atoms. The summed E-state index contributed by atoms with van der Waals surface area (Å²) in [7, 11) is 3.04. The van der Waals surface area contributed by atoms with Crippen LogP contribution in [0.15, 0.2) is 60.8 Å². The highest BCUT2D eigenvalue weighted by molar-refractivity contribution is 6.08. The molecule has 212 valence electrons. The van der Waals surface area contributed by atoms with Gasteiger partial charge in [-0.05, 0) is 60.9 Å². The van der Waals surface area contributed by atoms with E-state index in [1.54, 1.807) is 42.1 Å². The van der Waals surface area contributed by atoms with Gasteiger partial charge in [0.25, 0.3) is 5.91 Å². The highest BCUT2D eigenvalue weighted by Gasteiger charge is 2.30. The predicted molar refractivity (Wildman–Crippen MR) is 142 cm³/mol. The molecule has 2 aromatic carbocycles. The summed E-state index contributed by atoms with van der Waals surface area (Å²) in [6.07, 6.45) is -0.474. The Hall–Kier alpha value is -4.28. The molecule has 8 nitrogen and oxygen atoms in total. The van der Waals surface area contributed by atoms with E-state index >= 15 is 0 Å². The zero-order valence-corrected chi connectivity index (χ0v) is 22.1. The van der Waals surface area contributed by atoms with E-state index in [0.717, 1.165) is 37.8 Å². The summed E-state index contributed by atoms with van der Waals surface area (Å²) in [5, 5.41) is 5.50. The van der Waals surface area contributed by atoms with E-state index in [4.69, 9.17) is 9.47 Å². The number of nitrogens with one attached hydrogen (secondary N) is 2. The second-order valence-electron chi connectivity index (χ2n) is 9.76. The number of methoxy groups -OCH3 is 1. The quantitative estimate of drug-likeness (QED) is 0.346. The summed E-state index contributed by atoms with van der Waals surface area (Å²) in [5.41, 5.74) is 0.810. The molecule has 0 radical (unpaired) electrons. The molecule has 0 saturated heterocycles. The fraction of sp³-hybridized carbons (Fsp3) is 0.345. The van der Waals surface area contributed by atoms with Crippen molar-refractivity contribution in [3.63, 3.8) is 0 Å². The zero-order chi connectivity index (χ0) is 28.9. The van der Waals surface area contributed by atoms with Gasteiger partial charge in [0.15, 0.2) is 0 Å². The number of ether oxygens (including phenoxy) is 2. The minimum absolute atomic E-state index is 0.0906. The number of amides is 2. The van der Waals surface area contributed by atoms with Gasteiger partial charge in [0.1, 0.15) is 0 Å². The number of alkyl halides is 3. The van der Waals surface area contributed by atoms with Gasteiger partial charge in [0.05, 0.1) is 24.3 Å². The molecule has 11 heteroatoms. The monoisotopic (exact) mass is 557 g/mol. The van der Waals surface area contributed by atoms with E-state index < -0.39 is 23.7 Å². The average Bonchev–Trinajstić information content (AvgIpc) is 3.29. The maximum atomic E-state index is 13.1. The number of aryl methyl sites for hydroxylation is 1. The largest absolute Gasteiger partial charge is 0.469 e. The summed E-state index contributed by atoms with van der Waals surface area (Å²) < 4.78 is 50.6. The molecule has 1 heterocycles. The predicted octanol–water partition coefficient (Wildman–Crippen LogP) is 6.03. The standard InChI is InChI=1S/C29H30F3N3O5/c1-35-17-22(15-25(35)40-28(38)33-16-18-7-9-20(10-8-18)27(37)39-2)34-26(36)24-6-4-3-5-23(24)19-11-13-21(14-12-19)29(30,31)32/h3-6,11-15,17-18,20H,7-10,16H2,1-2H3,(H,33,38)(H,34,36). The molecule has 2 N–H and O–H groups in total. The molecular formula is C29H30F3N3O5. The zero-order valence-electron chi connectivity index (χ0n) is 22.1. The maximum Gasteiger partial charge on any atom is 0.416 e. The third kappa shape index (κ3) is 7.02.